The molecular weight excluding hydrogens is 782 g/mol. The Kier molecular flexibility index (Phi) is 10.9. The van der Waals surface area contributed by atoms with Gasteiger partial charge >= 0.3 is 12.3 Å². The van der Waals surface area contributed by atoms with Crippen LogP contribution in [-0.2, 0) is 24.0 Å². The molecule has 2 bridgehead atoms. The van der Waals surface area contributed by atoms with Crippen molar-refractivity contribution in [3.8, 4) is 28.6 Å². The molecule has 7 rings (SSSR count). The van der Waals surface area contributed by atoms with Crippen LogP contribution >= 0.6 is 0 Å². The third-order valence-corrected chi connectivity index (χ3v) is 11.0. The van der Waals surface area contributed by atoms with Gasteiger partial charge < -0.3 is 28.7 Å². The summed E-state index contributed by atoms with van der Waals surface area (Å²) in [5.41, 5.74) is -6.21. The van der Waals surface area contributed by atoms with E-state index < -0.39 is 99.4 Å². The quantitative estimate of drug-likeness (QED) is 0.163. The van der Waals surface area contributed by atoms with Gasteiger partial charge in [0.25, 0.3) is 5.91 Å². The molecule has 314 valence electrons. The number of rotatable bonds is 8. The molecule has 1 aromatic heterocycles. The van der Waals surface area contributed by atoms with Crippen molar-refractivity contribution in [1.29, 1.82) is 0 Å². The van der Waals surface area contributed by atoms with E-state index in [0.717, 1.165) is 6.92 Å². The van der Waals surface area contributed by atoms with E-state index in [9.17, 15) is 9.59 Å². The second-order valence-electron chi connectivity index (χ2n) is 16.0. The van der Waals surface area contributed by atoms with E-state index in [0.29, 0.717) is 41.5 Å². The van der Waals surface area contributed by atoms with Crippen LogP contribution in [0.3, 0.4) is 0 Å². The molecule has 4 heterocycles. The number of amides is 2. The van der Waals surface area contributed by atoms with Gasteiger partial charge in [-0.3, -0.25) is 9.69 Å². The summed E-state index contributed by atoms with van der Waals surface area (Å²) in [6.45, 7) is 7.32. The van der Waals surface area contributed by atoms with Crippen molar-refractivity contribution in [2.45, 2.75) is 96.6 Å². The first kappa shape index (κ1) is 41.5. The Morgan fingerprint density at radius 2 is 1.49 bits per heavy atom. The zero-order valence-corrected chi connectivity index (χ0v) is 33.5. The van der Waals surface area contributed by atoms with E-state index >= 15 is 26.3 Å². The molecule has 0 radical (unpaired) electrons. The number of ether oxygens (including phenoxy) is 4. The second kappa shape index (κ2) is 15.5. The maximum Gasteiger partial charge on any atom is 0.417 e. The number of alkyl halides is 3. The summed E-state index contributed by atoms with van der Waals surface area (Å²) in [6.07, 6.45) is -5.80. The van der Waals surface area contributed by atoms with Gasteiger partial charge in [-0.15, -0.1) is 0 Å². The van der Waals surface area contributed by atoms with Crippen LogP contribution < -0.4 is 19.1 Å². The maximum atomic E-state index is 17.3. The largest absolute Gasteiger partial charge is 0.497 e. The molecule has 59 heavy (non-hydrogen) atoms. The fourth-order valence-corrected chi connectivity index (χ4v) is 8.43. The zero-order valence-electron chi connectivity index (χ0n) is 33.5. The van der Waals surface area contributed by atoms with Crippen LogP contribution in [0.2, 0.25) is 0 Å². The molecule has 0 spiro atoms. The van der Waals surface area contributed by atoms with E-state index in [1.54, 1.807) is 81.1 Å². The molecule has 0 saturated carbocycles. The highest BCUT2D eigenvalue weighted by Gasteiger charge is 2.55. The summed E-state index contributed by atoms with van der Waals surface area (Å²) >= 11 is 0. The molecular formula is C43H44F6N4O6. The summed E-state index contributed by atoms with van der Waals surface area (Å²) in [6, 6.07) is 12.0. The third-order valence-electron chi connectivity index (χ3n) is 11.0. The highest BCUT2D eigenvalue weighted by molar-refractivity contribution is 5.98. The second-order valence-corrected chi connectivity index (χ2v) is 16.0. The number of pyridine rings is 1. The number of anilines is 1. The number of hydrogen-bond donors (Lipinski definition) is 0. The standard InChI is InChI=1S/C43H44F6N4O6/c1-22-33(43(47,48)49)32(35(46)38(34(22)45)51(19-24-8-13-27(56-6)14-9-24)20-25-10-15-28(57-7)16-11-25)36-30(44)18-29-39(50-36)58-23(2)37-31-17-12-26(21-52(37)40(29)54)53(31)41(55)59-42(3,4)5/h8-11,13-16,18,23,26,31,37H,12,17,19-21H2,1-7H3/t23-,26+,31-,37+/m0/s1. The minimum Gasteiger partial charge on any atom is -0.497 e. The molecule has 4 aromatic rings. The first-order valence-electron chi connectivity index (χ1n) is 19.1. The highest BCUT2D eigenvalue weighted by atomic mass is 19.4. The summed E-state index contributed by atoms with van der Waals surface area (Å²) < 4.78 is 118. The molecule has 2 saturated heterocycles. The Bertz CT molecular complexity index is 2210. The Labute approximate surface area is 337 Å². The van der Waals surface area contributed by atoms with Crippen molar-refractivity contribution in [3.05, 3.63) is 99.9 Å². The van der Waals surface area contributed by atoms with Gasteiger partial charge in [0.15, 0.2) is 17.5 Å². The predicted octanol–water partition coefficient (Wildman–Crippen LogP) is 9.09. The average molecular weight is 827 g/mol. The molecule has 3 aliphatic heterocycles. The van der Waals surface area contributed by atoms with Gasteiger partial charge in [0.1, 0.15) is 40.1 Å². The molecule has 2 fully saturated rings. The third kappa shape index (κ3) is 7.80. The van der Waals surface area contributed by atoms with E-state index in [1.165, 1.54) is 24.0 Å². The predicted molar refractivity (Wildman–Crippen MR) is 205 cm³/mol. The van der Waals surface area contributed by atoms with Gasteiger partial charge in [-0.2, -0.15) is 13.2 Å². The lowest BCUT2D eigenvalue weighted by Gasteiger charge is -2.47. The number of methoxy groups -OCH3 is 2. The van der Waals surface area contributed by atoms with Crippen molar-refractivity contribution in [1.82, 2.24) is 14.8 Å². The number of halogens is 6. The van der Waals surface area contributed by atoms with Gasteiger partial charge in [0, 0.05) is 19.6 Å². The fourth-order valence-electron chi connectivity index (χ4n) is 8.43. The first-order chi connectivity index (χ1) is 27.8. The SMILES string of the molecule is COc1ccc(CN(Cc2ccc(OC)cc2)c2c(F)c(C)c(C(F)(F)F)c(-c3nc4c(cc3F)C(=O)N3C[C@H]5CC[C@@H]([C@H]3[C@H](C)O4)N5C(=O)OC(C)(C)C)c2F)cc1. The van der Waals surface area contributed by atoms with Crippen molar-refractivity contribution in [3.63, 3.8) is 0 Å². The lowest BCUT2D eigenvalue weighted by atomic mass is 9.94. The summed E-state index contributed by atoms with van der Waals surface area (Å²) in [7, 11) is 2.93. The van der Waals surface area contributed by atoms with Crippen LogP contribution in [0, 0.1) is 24.4 Å². The molecule has 4 atom stereocenters. The van der Waals surface area contributed by atoms with Crippen LogP contribution in [-0.4, -0.2) is 77.4 Å². The van der Waals surface area contributed by atoms with Crippen molar-refractivity contribution in [2.24, 2.45) is 0 Å². The number of piperazine rings is 1. The number of nitrogens with zero attached hydrogens (tertiary/aromatic N) is 4. The van der Waals surface area contributed by atoms with Gasteiger partial charge in [-0.25, -0.2) is 22.9 Å². The van der Waals surface area contributed by atoms with E-state index in [4.69, 9.17) is 18.9 Å². The van der Waals surface area contributed by atoms with Crippen molar-refractivity contribution in [2.75, 3.05) is 25.7 Å². The van der Waals surface area contributed by atoms with Gasteiger partial charge in [-0.05, 0) is 94.5 Å². The number of hydrogen-bond acceptors (Lipinski definition) is 8. The molecule has 16 heteroatoms. The molecule has 2 amide bonds. The Morgan fingerprint density at radius 1 is 0.915 bits per heavy atom. The number of carbonyl (C=O) groups is 2. The van der Waals surface area contributed by atoms with Crippen LogP contribution in [0.15, 0.2) is 54.6 Å². The van der Waals surface area contributed by atoms with Gasteiger partial charge in [0.2, 0.25) is 5.88 Å². The van der Waals surface area contributed by atoms with E-state index in [1.807, 2.05) is 0 Å². The first-order valence-corrected chi connectivity index (χ1v) is 19.1. The molecule has 3 aromatic carbocycles. The van der Waals surface area contributed by atoms with Crippen LogP contribution in [0.1, 0.15) is 73.1 Å². The number of aromatic nitrogens is 1. The van der Waals surface area contributed by atoms with Crippen molar-refractivity contribution < 1.29 is 54.9 Å². The average Bonchev–Trinajstić information content (AvgIpc) is 3.43. The number of carbonyl (C=O) groups excluding carboxylic acids is 2. The van der Waals surface area contributed by atoms with Crippen LogP contribution in [0.5, 0.6) is 17.4 Å². The molecule has 0 N–H and O–H groups in total. The monoisotopic (exact) mass is 826 g/mol. The van der Waals surface area contributed by atoms with Crippen molar-refractivity contribution >= 4 is 17.7 Å². The Hall–Kier alpha value is -5.67. The summed E-state index contributed by atoms with van der Waals surface area (Å²) in [5.74, 6) is -4.92. The minimum absolute atomic E-state index is 0.0569. The number of fused-ring (bicyclic) bond motifs is 5. The Balaban J connectivity index is 1.35. The molecule has 3 aliphatic rings. The normalized spacial score (nSPS) is 20.1. The van der Waals surface area contributed by atoms with Crippen LogP contribution in [0.25, 0.3) is 11.3 Å². The van der Waals surface area contributed by atoms with Gasteiger partial charge in [-0.1, -0.05) is 24.3 Å². The fraction of sp³-hybridized carbons (Fsp3) is 0.419. The lowest BCUT2D eigenvalue weighted by molar-refractivity contribution is -0.137. The summed E-state index contributed by atoms with van der Waals surface area (Å²) in [5, 5.41) is 0. The molecule has 10 nitrogen and oxygen atoms in total. The minimum atomic E-state index is -5.38. The molecule has 0 unspecified atom stereocenters. The van der Waals surface area contributed by atoms with E-state index in [-0.39, 0.29) is 25.2 Å². The zero-order chi connectivity index (χ0) is 42.7. The van der Waals surface area contributed by atoms with Gasteiger partial charge in [0.05, 0.1) is 43.5 Å². The number of benzene rings is 3. The smallest absolute Gasteiger partial charge is 0.417 e. The maximum absolute atomic E-state index is 17.3. The Morgan fingerprint density at radius 3 is 2.02 bits per heavy atom. The molecule has 0 aliphatic carbocycles. The van der Waals surface area contributed by atoms with Crippen LogP contribution in [0.4, 0.5) is 36.8 Å². The lowest BCUT2D eigenvalue weighted by Crippen LogP contribution is -2.65. The van der Waals surface area contributed by atoms with E-state index in [2.05, 4.69) is 4.98 Å². The summed E-state index contributed by atoms with van der Waals surface area (Å²) in [4.78, 5) is 35.9. The topological polar surface area (TPSA) is 93.7 Å². The highest BCUT2D eigenvalue weighted by Crippen LogP contribution is 2.48.